The van der Waals surface area contributed by atoms with Crippen molar-refractivity contribution < 1.29 is 9.59 Å². The molecule has 0 unspecified atom stereocenters. The standard InChI is InChI=1S/C24H25ClN2O2S/c1-2-18-10-7-8-14-26(18)23(28)15-22-24(29)27(16-17-9-3-4-11-19(17)25)20-12-5-6-13-21(20)30-22/h3-6,9,11-13,15,18H,2,7-8,10,14,16H2,1H3/b22-15+/t18-/m0/s1. The molecule has 0 spiro atoms. The fraction of sp³-hybridized carbons (Fsp3) is 0.333. The van der Waals surface area contributed by atoms with Crippen LogP contribution in [0.3, 0.4) is 0 Å². The van der Waals surface area contributed by atoms with Crippen LogP contribution in [-0.4, -0.2) is 29.3 Å². The molecule has 2 amide bonds. The molecule has 4 nitrogen and oxygen atoms in total. The third-order valence-electron chi connectivity index (χ3n) is 5.75. The number of thioether (sulfide) groups is 1. The molecule has 156 valence electrons. The summed E-state index contributed by atoms with van der Waals surface area (Å²) in [6, 6.07) is 15.6. The van der Waals surface area contributed by atoms with Gasteiger partial charge in [-0.2, -0.15) is 0 Å². The lowest BCUT2D eigenvalue weighted by Crippen LogP contribution is -2.43. The van der Waals surface area contributed by atoms with Gasteiger partial charge in [0.05, 0.1) is 17.1 Å². The summed E-state index contributed by atoms with van der Waals surface area (Å²) in [7, 11) is 0. The number of halogens is 1. The summed E-state index contributed by atoms with van der Waals surface area (Å²) in [6.45, 7) is 3.24. The third-order valence-corrected chi connectivity index (χ3v) is 7.20. The van der Waals surface area contributed by atoms with E-state index in [4.69, 9.17) is 11.6 Å². The van der Waals surface area contributed by atoms with Crippen LogP contribution in [0, 0.1) is 0 Å². The minimum atomic E-state index is -0.156. The van der Waals surface area contributed by atoms with Crippen molar-refractivity contribution in [2.75, 3.05) is 11.4 Å². The first-order chi connectivity index (χ1) is 14.6. The summed E-state index contributed by atoms with van der Waals surface area (Å²) < 4.78 is 0. The first-order valence-electron chi connectivity index (χ1n) is 10.4. The van der Waals surface area contributed by atoms with Crippen molar-refractivity contribution in [3.8, 4) is 0 Å². The molecular weight excluding hydrogens is 416 g/mol. The predicted molar refractivity (Wildman–Crippen MR) is 123 cm³/mol. The molecule has 0 aromatic heterocycles. The largest absolute Gasteiger partial charge is 0.336 e. The molecular formula is C24H25ClN2O2S. The van der Waals surface area contributed by atoms with Crippen LogP contribution < -0.4 is 4.90 Å². The van der Waals surface area contributed by atoms with Crippen molar-refractivity contribution in [3.05, 3.63) is 70.1 Å². The lowest BCUT2D eigenvalue weighted by Gasteiger charge is -2.35. The average molecular weight is 441 g/mol. The molecule has 6 heteroatoms. The van der Waals surface area contributed by atoms with E-state index in [1.165, 1.54) is 17.8 Å². The number of likely N-dealkylation sites (tertiary alicyclic amines) is 1. The Morgan fingerprint density at radius 2 is 1.93 bits per heavy atom. The van der Waals surface area contributed by atoms with E-state index in [0.29, 0.717) is 16.5 Å². The van der Waals surface area contributed by atoms with E-state index in [0.717, 1.165) is 48.4 Å². The Morgan fingerprint density at radius 3 is 2.73 bits per heavy atom. The summed E-state index contributed by atoms with van der Waals surface area (Å²) in [5, 5.41) is 0.627. The molecule has 0 radical (unpaired) electrons. The van der Waals surface area contributed by atoms with E-state index in [-0.39, 0.29) is 17.9 Å². The molecule has 1 fully saturated rings. The number of carbonyl (C=O) groups excluding carboxylic acids is 2. The monoisotopic (exact) mass is 440 g/mol. The molecule has 2 aliphatic heterocycles. The number of benzene rings is 2. The van der Waals surface area contributed by atoms with Crippen LogP contribution in [0.4, 0.5) is 5.69 Å². The zero-order chi connectivity index (χ0) is 21.1. The van der Waals surface area contributed by atoms with Gasteiger partial charge >= 0.3 is 0 Å². The summed E-state index contributed by atoms with van der Waals surface area (Å²) in [6.07, 6.45) is 5.70. The Bertz CT molecular complexity index is 991. The lowest BCUT2D eigenvalue weighted by atomic mass is 10.00. The Balaban J connectivity index is 1.65. The minimum Gasteiger partial charge on any atom is -0.336 e. The fourth-order valence-electron chi connectivity index (χ4n) is 4.13. The number of nitrogens with zero attached hydrogens (tertiary/aromatic N) is 2. The lowest BCUT2D eigenvalue weighted by molar-refractivity contribution is -0.130. The van der Waals surface area contributed by atoms with Crippen LogP contribution in [0.15, 0.2) is 64.4 Å². The van der Waals surface area contributed by atoms with Gasteiger partial charge in [0.25, 0.3) is 5.91 Å². The van der Waals surface area contributed by atoms with Crippen molar-refractivity contribution in [1.82, 2.24) is 4.90 Å². The minimum absolute atomic E-state index is 0.0607. The number of hydrogen-bond acceptors (Lipinski definition) is 3. The maximum Gasteiger partial charge on any atom is 0.265 e. The van der Waals surface area contributed by atoms with Crippen molar-refractivity contribution in [2.24, 2.45) is 0 Å². The predicted octanol–water partition coefficient (Wildman–Crippen LogP) is 5.65. The highest BCUT2D eigenvalue weighted by atomic mass is 35.5. The Labute approximate surface area is 186 Å². The second-order valence-corrected chi connectivity index (χ2v) is 9.14. The molecule has 30 heavy (non-hydrogen) atoms. The van der Waals surface area contributed by atoms with E-state index in [1.54, 1.807) is 4.90 Å². The van der Waals surface area contributed by atoms with E-state index < -0.39 is 0 Å². The molecule has 0 N–H and O–H groups in total. The molecule has 0 aliphatic carbocycles. The molecule has 1 saturated heterocycles. The maximum absolute atomic E-state index is 13.4. The van der Waals surface area contributed by atoms with Crippen molar-refractivity contribution in [1.29, 1.82) is 0 Å². The molecule has 0 saturated carbocycles. The second kappa shape index (κ2) is 9.27. The second-order valence-electron chi connectivity index (χ2n) is 7.65. The number of anilines is 1. The number of carbonyl (C=O) groups is 2. The first kappa shape index (κ1) is 21.0. The summed E-state index contributed by atoms with van der Waals surface area (Å²) in [5.41, 5.74) is 1.73. The highest BCUT2D eigenvalue weighted by Gasteiger charge is 2.31. The van der Waals surface area contributed by atoms with Gasteiger partial charge in [0.2, 0.25) is 5.91 Å². The fourth-order valence-corrected chi connectivity index (χ4v) is 5.35. The number of rotatable bonds is 4. The molecule has 2 heterocycles. The van der Waals surface area contributed by atoms with Crippen LogP contribution in [0.5, 0.6) is 0 Å². The average Bonchev–Trinajstić information content (AvgIpc) is 2.77. The molecule has 0 bridgehead atoms. The maximum atomic E-state index is 13.4. The van der Waals surface area contributed by atoms with Crippen molar-refractivity contribution >= 4 is 40.9 Å². The smallest absolute Gasteiger partial charge is 0.265 e. The molecule has 2 aromatic carbocycles. The topological polar surface area (TPSA) is 40.6 Å². The number of piperidine rings is 1. The number of hydrogen-bond donors (Lipinski definition) is 0. The number of amides is 2. The van der Waals surface area contributed by atoms with E-state index in [2.05, 4.69) is 6.92 Å². The highest BCUT2D eigenvalue weighted by Crippen LogP contribution is 2.42. The van der Waals surface area contributed by atoms with Gasteiger partial charge in [-0.25, -0.2) is 0 Å². The molecule has 4 rings (SSSR count). The van der Waals surface area contributed by atoms with Crippen molar-refractivity contribution in [3.63, 3.8) is 0 Å². The van der Waals surface area contributed by atoms with Gasteiger partial charge in [0.15, 0.2) is 0 Å². The third kappa shape index (κ3) is 4.28. The summed E-state index contributed by atoms with van der Waals surface area (Å²) >= 11 is 7.73. The van der Waals surface area contributed by atoms with Gasteiger partial charge in [-0.1, -0.05) is 60.6 Å². The van der Waals surface area contributed by atoms with Gasteiger partial charge in [0.1, 0.15) is 0 Å². The van der Waals surface area contributed by atoms with Crippen LogP contribution in [0.2, 0.25) is 5.02 Å². The summed E-state index contributed by atoms with van der Waals surface area (Å²) in [4.78, 5) is 31.5. The normalized spacial score (nSPS) is 20.4. The SMILES string of the molecule is CC[C@H]1CCCCN1C(=O)/C=C1/Sc2ccccc2N(Cc2ccccc2Cl)C1=O. The first-order valence-corrected chi connectivity index (χ1v) is 11.6. The quantitative estimate of drug-likeness (QED) is 0.576. The Hall–Kier alpha value is -2.24. The van der Waals surface area contributed by atoms with Crippen LogP contribution >= 0.6 is 23.4 Å². The molecule has 2 aliphatic rings. The summed E-state index contributed by atoms with van der Waals surface area (Å²) in [5.74, 6) is -0.216. The highest BCUT2D eigenvalue weighted by molar-refractivity contribution is 8.04. The molecule has 2 aromatic rings. The van der Waals surface area contributed by atoms with Crippen LogP contribution in [0.25, 0.3) is 0 Å². The van der Waals surface area contributed by atoms with E-state index in [9.17, 15) is 9.59 Å². The number of para-hydroxylation sites is 1. The molecule has 1 atom stereocenters. The van der Waals surface area contributed by atoms with Gasteiger partial charge in [-0.05, 0) is 49.4 Å². The van der Waals surface area contributed by atoms with Gasteiger partial charge in [-0.3, -0.25) is 9.59 Å². The van der Waals surface area contributed by atoms with Gasteiger partial charge < -0.3 is 9.80 Å². The number of fused-ring (bicyclic) bond motifs is 1. The zero-order valence-corrected chi connectivity index (χ0v) is 18.6. The van der Waals surface area contributed by atoms with E-state index in [1.807, 2.05) is 53.4 Å². The van der Waals surface area contributed by atoms with Gasteiger partial charge in [0, 0.05) is 28.6 Å². The van der Waals surface area contributed by atoms with Gasteiger partial charge in [-0.15, -0.1) is 0 Å². The van der Waals surface area contributed by atoms with Crippen molar-refractivity contribution in [2.45, 2.75) is 50.1 Å². The van der Waals surface area contributed by atoms with Crippen LogP contribution in [-0.2, 0) is 16.1 Å². The Kier molecular flexibility index (Phi) is 6.49. The zero-order valence-electron chi connectivity index (χ0n) is 17.0. The van der Waals surface area contributed by atoms with E-state index >= 15 is 0 Å². The van der Waals surface area contributed by atoms with Crippen LogP contribution in [0.1, 0.15) is 38.2 Å². The Morgan fingerprint density at radius 1 is 1.17 bits per heavy atom.